The van der Waals surface area contributed by atoms with Gasteiger partial charge in [0.2, 0.25) is 0 Å². The SMILES string of the molecule is CCOC(=O)c1cnc2sc3cc(Oc4ccccc4CNC(=O)Nc4cc(C(C)(C)C)nn4-c4ccc(O)c(Cl)c4)ccc3n12. The topological polar surface area (TPSA) is 132 Å². The van der Waals surface area contributed by atoms with Crippen LogP contribution in [0.3, 0.4) is 0 Å². The van der Waals surface area contributed by atoms with Gasteiger partial charge in [-0.15, -0.1) is 0 Å². The highest BCUT2D eigenvalue weighted by atomic mass is 35.5. The van der Waals surface area contributed by atoms with E-state index in [1.165, 1.54) is 23.6 Å². The number of phenols is 1. The maximum atomic E-state index is 13.1. The summed E-state index contributed by atoms with van der Waals surface area (Å²) in [7, 11) is 0. The third kappa shape index (κ3) is 6.22. The molecule has 236 valence electrons. The van der Waals surface area contributed by atoms with E-state index in [4.69, 9.17) is 26.2 Å². The molecule has 0 spiro atoms. The summed E-state index contributed by atoms with van der Waals surface area (Å²) in [4.78, 5) is 30.6. The summed E-state index contributed by atoms with van der Waals surface area (Å²) in [5, 5.41) is 20.5. The van der Waals surface area contributed by atoms with Crippen molar-refractivity contribution in [3.05, 3.63) is 94.9 Å². The molecular weight excluding hydrogens is 628 g/mol. The fraction of sp³-hybridized carbons (Fsp3) is 0.212. The van der Waals surface area contributed by atoms with Crippen LogP contribution in [0.15, 0.2) is 72.9 Å². The fourth-order valence-electron chi connectivity index (χ4n) is 4.78. The minimum absolute atomic E-state index is 0.0459. The van der Waals surface area contributed by atoms with Crippen molar-refractivity contribution in [3.8, 4) is 22.9 Å². The Hall–Kier alpha value is -5.07. The van der Waals surface area contributed by atoms with Crippen molar-refractivity contribution in [3.63, 3.8) is 0 Å². The number of benzene rings is 3. The van der Waals surface area contributed by atoms with Gasteiger partial charge in [-0.25, -0.2) is 19.3 Å². The molecule has 3 N–H and O–H groups in total. The van der Waals surface area contributed by atoms with Crippen LogP contribution in [-0.2, 0) is 16.7 Å². The standard InChI is InChI=1S/C33H31ClN6O5S/c1-5-44-30(42)24-18-36-32-39(24)23-12-11-21(15-27(23)46-32)45-26-9-7-6-8-19(26)17-35-31(43)37-29-16-28(33(2,3)4)38-40(29)20-10-13-25(41)22(34)14-20/h6-16,18,41H,5,17H2,1-4H3,(H2,35,37,43). The number of aromatic nitrogens is 4. The molecule has 3 heterocycles. The highest BCUT2D eigenvalue weighted by Gasteiger charge is 2.22. The summed E-state index contributed by atoms with van der Waals surface area (Å²) < 4.78 is 15.7. The molecule has 0 atom stereocenters. The number of urea groups is 1. The van der Waals surface area contributed by atoms with Gasteiger partial charge in [-0.3, -0.25) is 9.72 Å². The van der Waals surface area contributed by atoms with Gasteiger partial charge in [-0.1, -0.05) is 61.9 Å². The predicted octanol–water partition coefficient (Wildman–Crippen LogP) is 7.68. The molecule has 0 saturated heterocycles. The third-order valence-corrected chi connectivity index (χ3v) is 8.44. The maximum Gasteiger partial charge on any atom is 0.357 e. The van der Waals surface area contributed by atoms with E-state index >= 15 is 0 Å². The largest absolute Gasteiger partial charge is 0.506 e. The monoisotopic (exact) mass is 658 g/mol. The van der Waals surface area contributed by atoms with E-state index in [0.29, 0.717) is 33.7 Å². The molecule has 0 aliphatic heterocycles. The Morgan fingerprint density at radius 3 is 2.63 bits per heavy atom. The van der Waals surface area contributed by atoms with E-state index in [9.17, 15) is 14.7 Å². The molecule has 0 bridgehead atoms. The number of aromatic hydroxyl groups is 1. The van der Waals surface area contributed by atoms with Crippen LogP contribution in [0.5, 0.6) is 17.2 Å². The molecule has 3 aromatic heterocycles. The van der Waals surface area contributed by atoms with Crippen molar-refractivity contribution in [2.75, 3.05) is 11.9 Å². The van der Waals surface area contributed by atoms with Crippen LogP contribution in [0.25, 0.3) is 20.9 Å². The molecule has 3 aromatic carbocycles. The molecule has 0 aliphatic rings. The molecule has 13 heteroatoms. The number of carbonyl (C=O) groups excluding carboxylic acids is 2. The van der Waals surface area contributed by atoms with Crippen LogP contribution in [0.4, 0.5) is 10.6 Å². The molecule has 0 unspecified atom stereocenters. The quantitative estimate of drug-likeness (QED) is 0.143. The lowest BCUT2D eigenvalue weighted by Gasteiger charge is -2.14. The lowest BCUT2D eigenvalue weighted by Crippen LogP contribution is -2.29. The Bertz CT molecular complexity index is 2090. The number of amides is 2. The number of hydrogen-bond acceptors (Lipinski definition) is 8. The van der Waals surface area contributed by atoms with Crippen molar-refractivity contribution >= 4 is 55.9 Å². The second kappa shape index (κ2) is 12.4. The van der Waals surface area contributed by atoms with Crippen LogP contribution in [-0.4, -0.2) is 42.9 Å². The number of para-hydroxylation sites is 1. The van der Waals surface area contributed by atoms with Crippen LogP contribution >= 0.6 is 22.9 Å². The number of ether oxygens (including phenoxy) is 2. The number of rotatable bonds is 8. The summed E-state index contributed by atoms with van der Waals surface area (Å²) in [6.45, 7) is 8.31. The summed E-state index contributed by atoms with van der Waals surface area (Å²) in [6, 6.07) is 19.1. The number of nitrogens with one attached hydrogen (secondary N) is 2. The van der Waals surface area contributed by atoms with Gasteiger partial charge in [-0.05, 0) is 43.3 Å². The average Bonchev–Trinajstić information content (AvgIpc) is 3.72. The van der Waals surface area contributed by atoms with Gasteiger partial charge in [0.1, 0.15) is 23.1 Å². The van der Waals surface area contributed by atoms with Gasteiger partial charge in [0.05, 0.1) is 39.4 Å². The second-order valence-corrected chi connectivity index (χ2v) is 12.9. The number of anilines is 1. The van der Waals surface area contributed by atoms with E-state index in [2.05, 4.69) is 15.6 Å². The van der Waals surface area contributed by atoms with Gasteiger partial charge in [0.15, 0.2) is 10.7 Å². The number of nitrogens with zero attached hydrogens (tertiary/aromatic N) is 4. The zero-order chi connectivity index (χ0) is 32.6. The Morgan fingerprint density at radius 2 is 1.87 bits per heavy atom. The molecule has 0 saturated carbocycles. The Labute approximate surface area is 273 Å². The Balaban J connectivity index is 1.19. The first-order valence-electron chi connectivity index (χ1n) is 14.5. The number of fused-ring (bicyclic) bond motifs is 3. The zero-order valence-electron chi connectivity index (χ0n) is 25.5. The highest BCUT2D eigenvalue weighted by Crippen LogP contribution is 2.34. The fourth-order valence-corrected chi connectivity index (χ4v) is 5.99. The number of esters is 1. The molecule has 46 heavy (non-hydrogen) atoms. The van der Waals surface area contributed by atoms with Crippen molar-refractivity contribution in [2.24, 2.45) is 0 Å². The average molecular weight is 659 g/mol. The zero-order valence-corrected chi connectivity index (χ0v) is 27.1. The lowest BCUT2D eigenvalue weighted by atomic mass is 9.92. The van der Waals surface area contributed by atoms with Crippen LogP contribution in [0.1, 0.15) is 49.4 Å². The Morgan fingerprint density at radius 1 is 1.07 bits per heavy atom. The van der Waals surface area contributed by atoms with Crippen LogP contribution < -0.4 is 15.4 Å². The normalized spacial score (nSPS) is 11.6. The molecule has 11 nitrogen and oxygen atoms in total. The van der Waals surface area contributed by atoms with Crippen molar-refractivity contribution < 1.29 is 24.2 Å². The number of thiazole rings is 1. The molecule has 0 aliphatic carbocycles. The number of carbonyl (C=O) groups is 2. The molecule has 2 amide bonds. The van der Waals surface area contributed by atoms with Crippen LogP contribution in [0, 0.1) is 0 Å². The van der Waals surface area contributed by atoms with Gasteiger partial charge in [0.25, 0.3) is 0 Å². The third-order valence-electron chi connectivity index (χ3n) is 7.12. The van der Waals surface area contributed by atoms with Gasteiger partial charge in [-0.2, -0.15) is 5.10 Å². The van der Waals surface area contributed by atoms with E-state index in [1.807, 2.05) is 69.3 Å². The summed E-state index contributed by atoms with van der Waals surface area (Å²) >= 11 is 7.59. The van der Waals surface area contributed by atoms with Crippen LogP contribution in [0.2, 0.25) is 5.02 Å². The number of hydrogen-bond donors (Lipinski definition) is 3. The molecule has 6 aromatic rings. The van der Waals surface area contributed by atoms with Gasteiger partial charge in [0, 0.05) is 29.7 Å². The van der Waals surface area contributed by atoms with Gasteiger partial charge < -0.3 is 19.9 Å². The molecule has 0 fully saturated rings. The van der Waals surface area contributed by atoms with Crippen molar-refractivity contribution in [2.45, 2.75) is 39.7 Å². The summed E-state index contributed by atoms with van der Waals surface area (Å²) in [6.07, 6.45) is 1.52. The first-order chi connectivity index (χ1) is 22.0. The van der Waals surface area contributed by atoms with E-state index in [1.54, 1.807) is 28.1 Å². The lowest BCUT2D eigenvalue weighted by molar-refractivity contribution is 0.0518. The first kappa shape index (κ1) is 30.9. The van der Waals surface area contributed by atoms with E-state index < -0.39 is 12.0 Å². The number of phenolic OH excluding ortho intramolecular Hbond substituents is 1. The molecule has 6 rings (SSSR count). The second-order valence-electron chi connectivity index (χ2n) is 11.4. The maximum absolute atomic E-state index is 13.1. The van der Waals surface area contributed by atoms with Crippen molar-refractivity contribution in [1.82, 2.24) is 24.5 Å². The molecular formula is C33H31ClN6O5S. The van der Waals surface area contributed by atoms with Crippen molar-refractivity contribution in [1.29, 1.82) is 0 Å². The minimum Gasteiger partial charge on any atom is -0.506 e. The van der Waals surface area contributed by atoms with Gasteiger partial charge >= 0.3 is 12.0 Å². The number of imidazole rings is 1. The summed E-state index contributed by atoms with van der Waals surface area (Å²) in [5.41, 5.74) is 3.02. The van der Waals surface area contributed by atoms with E-state index in [0.717, 1.165) is 21.5 Å². The highest BCUT2D eigenvalue weighted by molar-refractivity contribution is 7.23. The molecule has 0 radical (unpaired) electrons. The number of halogens is 1. The summed E-state index contributed by atoms with van der Waals surface area (Å²) in [5.74, 6) is 1.14. The Kier molecular flexibility index (Phi) is 8.32. The predicted molar refractivity (Wildman–Crippen MR) is 178 cm³/mol. The smallest absolute Gasteiger partial charge is 0.357 e. The van der Waals surface area contributed by atoms with E-state index in [-0.39, 0.29) is 29.3 Å². The first-order valence-corrected chi connectivity index (χ1v) is 15.7. The minimum atomic E-state index is -0.443.